The second-order valence-electron chi connectivity index (χ2n) is 4.83. The first-order valence-electron chi connectivity index (χ1n) is 6.14. The highest BCUT2D eigenvalue weighted by Gasteiger charge is 2.10. The Morgan fingerprint density at radius 2 is 2.11 bits per heavy atom. The van der Waals surface area contributed by atoms with Crippen molar-refractivity contribution in [1.29, 1.82) is 0 Å². The molecule has 0 saturated heterocycles. The molecule has 104 valence electrons. The lowest BCUT2D eigenvalue weighted by Crippen LogP contribution is -2.09. The maximum absolute atomic E-state index is 13.6. The number of nitrogens with one attached hydrogen (secondary N) is 1. The summed E-state index contributed by atoms with van der Waals surface area (Å²) in [6, 6.07) is 2.11. The Morgan fingerprint density at radius 3 is 2.79 bits per heavy atom. The molecular formula is C13H16F2N2OS. The molecule has 0 atom stereocenters. The van der Waals surface area contributed by atoms with Crippen LogP contribution in [0.15, 0.2) is 12.1 Å². The van der Waals surface area contributed by atoms with Crippen LogP contribution in [0.25, 0.3) is 11.0 Å². The van der Waals surface area contributed by atoms with E-state index in [9.17, 15) is 8.78 Å². The Balaban J connectivity index is 2.23. The second-order valence-corrected chi connectivity index (χ2v) is 5.22. The van der Waals surface area contributed by atoms with Gasteiger partial charge in [-0.1, -0.05) is 13.8 Å². The molecule has 1 N–H and O–H groups in total. The first kappa shape index (κ1) is 14.1. The number of hydrogen-bond donors (Lipinski definition) is 1. The molecule has 1 aromatic carbocycles. The third-order valence-corrected chi connectivity index (χ3v) is 3.03. The van der Waals surface area contributed by atoms with Gasteiger partial charge in [0.25, 0.3) is 0 Å². The van der Waals surface area contributed by atoms with Gasteiger partial charge in [-0.2, -0.15) is 0 Å². The average molecular weight is 286 g/mol. The summed E-state index contributed by atoms with van der Waals surface area (Å²) in [6.07, 6.45) is 0. The number of halogens is 2. The molecule has 0 saturated carbocycles. The van der Waals surface area contributed by atoms with Crippen LogP contribution in [0.5, 0.6) is 0 Å². The Hall–Kier alpha value is -1.27. The molecule has 1 aromatic heterocycles. The molecule has 6 heteroatoms. The van der Waals surface area contributed by atoms with Crippen LogP contribution in [0, 0.1) is 22.3 Å². The van der Waals surface area contributed by atoms with E-state index >= 15 is 0 Å². The van der Waals surface area contributed by atoms with Crippen LogP contribution in [0.3, 0.4) is 0 Å². The standard InChI is InChI=1S/C13H16F2N2OS/c1-8(2)7-18-4-3-17-11-6-9(14)5-10(15)12(11)16-13(17)19/h5-6,8H,3-4,7H2,1-2H3,(H,16,19). The summed E-state index contributed by atoms with van der Waals surface area (Å²) in [5.41, 5.74) is 0.658. The van der Waals surface area contributed by atoms with Gasteiger partial charge >= 0.3 is 0 Å². The number of rotatable bonds is 5. The molecule has 19 heavy (non-hydrogen) atoms. The normalized spacial score (nSPS) is 11.6. The van der Waals surface area contributed by atoms with Crippen molar-refractivity contribution in [2.75, 3.05) is 13.2 Å². The maximum atomic E-state index is 13.6. The molecule has 0 bridgehead atoms. The van der Waals surface area contributed by atoms with Crippen molar-refractivity contribution in [2.45, 2.75) is 20.4 Å². The van der Waals surface area contributed by atoms with Crippen molar-refractivity contribution in [3.63, 3.8) is 0 Å². The quantitative estimate of drug-likeness (QED) is 0.671. The van der Waals surface area contributed by atoms with Gasteiger partial charge in [0.2, 0.25) is 0 Å². The number of aromatic amines is 1. The summed E-state index contributed by atoms with van der Waals surface area (Å²) in [7, 11) is 0. The highest BCUT2D eigenvalue weighted by molar-refractivity contribution is 7.71. The van der Waals surface area contributed by atoms with E-state index in [1.165, 1.54) is 6.07 Å². The van der Waals surface area contributed by atoms with Gasteiger partial charge in [-0.05, 0) is 24.2 Å². The summed E-state index contributed by atoms with van der Waals surface area (Å²) >= 11 is 5.12. The smallest absolute Gasteiger partial charge is 0.178 e. The van der Waals surface area contributed by atoms with Crippen LogP contribution in [0.2, 0.25) is 0 Å². The summed E-state index contributed by atoms with van der Waals surface area (Å²) < 4.78 is 34.3. The van der Waals surface area contributed by atoms with Gasteiger partial charge in [0.05, 0.1) is 12.1 Å². The van der Waals surface area contributed by atoms with Gasteiger partial charge in [-0.3, -0.25) is 0 Å². The van der Waals surface area contributed by atoms with E-state index in [2.05, 4.69) is 18.8 Å². The third-order valence-electron chi connectivity index (χ3n) is 2.71. The van der Waals surface area contributed by atoms with Crippen LogP contribution in [-0.2, 0) is 11.3 Å². The Labute approximate surface area is 115 Å². The van der Waals surface area contributed by atoms with E-state index in [1.807, 2.05) is 0 Å². The number of fused-ring (bicyclic) bond motifs is 1. The molecule has 0 amide bonds. The molecule has 0 aliphatic heterocycles. The van der Waals surface area contributed by atoms with Gasteiger partial charge in [0, 0.05) is 19.2 Å². The zero-order chi connectivity index (χ0) is 14.0. The molecule has 3 nitrogen and oxygen atoms in total. The Morgan fingerprint density at radius 1 is 1.37 bits per heavy atom. The molecule has 0 radical (unpaired) electrons. The first-order valence-corrected chi connectivity index (χ1v) is 6.55. The van der Waals surface area contributed by atoms with Crippen LogP contribution < -0.4 is 0 Å². The lowest BCUT2D eigenvalue weighted by Gasteiger charge is -2.08. The lowest BCUT2D eigenvalue weighted by molar-refractivity contribution is 0.103. The van der Waals surface area contributed by atoms with Crippen molar-refractivity contribution in [2.24, 2.45) is 5.92 Å². The number of hydrogen-bond acceptors (Lipinski definition) is 2. The maximum Gasteiger partial charge on any atom is 0.178 e. The number of imidazole rings is 1. The number of H-pyrrole nitrogens is 1. The highest BCUT2D eigenvalue weighted by Crippen LogP contribution is 2.19. The number of benzene rings is 1. The van der Waals surface area contributed by atoms with E-state index in [0.717, 1.165) is 6.07 Å². The fraction of sp³-hybridized carbons (Fsp3) is 0.462. The topological polar surface area (TPSA) is 29.9 Å². The molecule has 0 spiro atoms. The van der Waals surface area contributed by atoms with Crippen molar-refractivity contribution in [3.8, 4) is 0 Å². The van der Waals surface area contributed by atoms with Gasteiger partial charge in [-0.15, -0.1) is 0 Å². The predicted octanol–water partition coefficient (Wildman–Crippen LogP) is 3.65. The van der Waals surface area contributed by atoms with Crippen molar-refractivity contribution in [1.82, 2.24) is 9.55 Å². The number of aromatic nitrogens is 2. The lowest BCUT2D eigenvalue weighted by atomic mass is 10.2. The second kappa shape index (κ2) is 5.79. The van der Waals surface area contributed by atoms with Crippen LogP contribution >= 0.6 is 12.2 Å². The zero-order valence-corrected chi connectivity index (χ0v) is 11.7. The molecular weight excluding hydrogens is 270 g/mol. The minimum Gasteiger partial charge on any atom is -0.379 e. The van der Waals surface area contributed by atoms with E-state index in [-0.39, 0.29) is 5.52 Å². The largest absolute Gasteiger partial charge is 0.379 e. The molecule has 0 aliphatic rings. The molecule has 0 aliphatic carbocycles. The fourth-order valence-electron chi connectivity index (χ4n) is 1.88. The predicted molar refractivity (Wildman–Crippen MR) is 72.7 cm³/mol. The average Bonchev–Trinajstić information content (AvgIpc) is 2.62. The minimum absolute atomic E-state index is 0.232. The Bertz CT molecular complexity index is 633. The van der Waals surface area contributed by atoms with Crippen LogP contribution in [-0.4, -0.2) is 22.8 Å². The van der Waals surface area contributed by atoms with Crippen molar-refractivity contribution >= 4 is 23.3 Å². The molecule has 0 fully saturated rings. The van der Waals surface area contributed by atoms with Crippen LogP contribution in [0.4, 0.5) is 8.78 Å². The SMILES string of the molecule is CC(C)COCCn1c(=S)[nH]c2c(F)cc(F)cc21. The number of ether oxygens (including phenoxy) is 1. The zero-order valence-electron chi connectivity index (χ0n) is 10.9. The monoisotopic (exact) mass is 286 g/mol. The Kier molecular flexibility index (Phi) is 4.31. The molecule has 2 aromatic rings. The summed E-state index contributed by atoms with van der Waals surface area (Å²) in [5.74, 6) is -0.801. The number of nitrogens with zero attached hydrogens (tertiary/aromatic N) is 1. The van der Waals surface area contributed by atoms with Crippen molar-refractivity contribution < 1.29 is 13.5 Å². The fourth-order valence-corrected chi connectivity index (χ4v) is 2.17. The molecule has 0 unspecified atom stereocenters. The van der Waals surface area contributed by atoms with E-state index < -0.39 is 11.6 Å². The van der Waals surface area contributed by atoms with E-state index in [0.29, 0.717) is 36.0 Å². The van der Waals surface area contributed by atoms with Crippen molar-refractivity contribution in [3.05, 3.63) is 28.5 Å². The van der Waals surface area contributed by atoms with Gasteiger partial charge in [-0.25, -0.2) is 8.78 Å². The minimum atomic E-state index is -0.636. The molecule has 1 heterocycles. The van der Waals surface area contributed by atoms with Gasteiger partial charge in [0.1, 0.15) is 11.3 Å². The summed E-state index contributed by atoms with van der Waals surface area (Å²) in [6.45, 7) is 5.69. The van der Waals surface area contributed by atoms with E-state index in [4.69, 9.17) is 17.0 Å². The summed E-state index contributed by atoms with van der Waals surface area (Å²) in [4.78, 5) is 2.75. The highest BCUT2D eigenvalue weighted by atomic mass is 32.1. The van der Waals surface area contributed by atoms with Crippen LogP contribution in [0.1, 0.15) is 13.8 Å². The summed E-state index contributed by atoms with van der Waals surface area (Å²) in [5, 5.41) is 0. The third kappa shape index (κ3) is 3.19. The first-order chi connectivity index (χ1) is 8.99. The molecule has 2 rings (SSSR count). The van der Waals surface area contributed by atoms with Gasteiger partial charge in [0.15, 0.2) is 10.6 Å². The van der Waals surface area contributed by atoms with E-state index in [1.54, 1.807) is 4.57 Å². The van der Waals surface area contributed by atoms with Gasteiger partial charge < -0.3 is 14.3 Å².